The molecule has 0 saturated heterocycles. The highest BCUT2D eigenvalue weighted by Gasteiger charge is 2.23. The van der Waals surface area contributed by atoms with E-state index in [4.69, 9.17) is 4.74 Å². The van der Waals surface area contributed by atoms with Crippen molar-refractivity contribution in [1.29, 1.82) is 0 Å². The van der Waals surface area contributed by atoms with Crippen LogP contribution >= 0.6 is 0 Å². The highest BCUT2D eigenvalue weighted by atomic mass is 16.5. The summed E-state index contributed by atoms with van der Waals surface area (Å²) in [6.07, 6.45) is 3.42. The van der Waals surface area contributed by atoms with Crippen LogP contribution in [0, 0.1) is 0 Å². The molecular formula is C14H19N5O. The quantitative estimate of drug-likeness (QED) is 0.890. The number of nitrogens with zero attached hydrogens (tertiary/aromatic N) is 3. The first-order valence-electron chi connectivity index (χ1n) is 6.94. The van der Waals surface area contributed by atoms with Gasteiger partial charge in [-0.05, 0) is 49.4 Å². The Bertz CT molecular complexity index is 569. The van der Waals surface area contributed by atoms with Gasteiger partial charge in [0.25, 0.3) is 0 Å². The molecule has 0 spiro atoms. The van der Waals surface area contributed by atoms with Crippen LogP contribution in [0.5, 0.6) is 5.75 Å². The molecule has 0 radical (unpaired) electrons. The summed E-state index contributed by atoms with van der Waals surface area (Å²) in [5.74, 6) is 1.63. The van der Waals surface area contributed by atoms with Crippen LogP contribution in [0.1, 0.15) is 48.8 Å². The van der Waals surface area contributed by atoms with Gasteiger partial charge in [-0.1, -0.05) is 11.3 Å². The standard InChI is InChI=1S/C14H19N5O/c1-9(14-16-18-19-17-14)15-13-5-3-4-10-8-11(20-2)6-7-12(10)13/h6-9,13,15H,3-5H2,1-2H3,(H,16,17,18,19). The van der Waals surface area contributed by atoms with Crippen LogP contribution in [0.15, 0.2) is 18.2 Å². The maximum Gasteiger partial charge on any atom is 0.191 e. The molecule has 6 heteroatoms. The van der Waals surface area contributed by atoms with Gasteiger partial charge in [0.05, 0.1) is 13.2 Å². The molecule has 2 aromatic rings. The minimum Gasteiger partial charge on any atom is -0.497 e. The first-order chi connectivity index (χ1) is 9.78. The number of benzene rings is 1. The molecule has 0 fully saturated rings. The fraction of sp³-hybridized carbons (Fsp3) is 0.500. The number of aryl methyl sites for hydroxylation is 1. The fourth-order valence-corrected chi connectivity index (χ4v) is 2.82. The van der Waals surface area contributed by atoms with Gasteiger partial charge in [0.1, 0.15) is 5.75 Å². The summed E-state index contributed by atoms with van der Waals surface area (Å²) in [6, 6.07) is 6.73. The lowest BCUT2D eigenvalue weighted by Gasteiger charge is -2.28. The second kappa shape index (κ2) is 5.58. The van der Waals surface area contributed by atoms with Crippen molar-refractivity contribution in [3.8, 4) is 5.75 Å². The van der Waals surface area contributed by atoms with Crippen molar-refractivity contribution in [3.63, 3.8) is 0 Å². The molecule has 1 heterocycles. The maximum atomic E-state index is 5.30. The summed E-state index contributed by atoms with van der Waals surface area (Å²) in [4.78, 5) is 0. The van der Waals surface area contributed by atoms with E-state index in [1.54, 1.807) is 7.11 Å². The summed E-state index contributed by atoms with van der Waals surface area (Å²) in [6.45, 7) is 2.06. The Morgan fingerprint density at radius 1 is 1.45 bits per heavy atom. The predicted molar refractivity (Wildman–Crippen MR) is 74.4 cm³/mol. The highest BCUT2D eigenvalue weighted by Crippen LogP contribution is 2.33. The Hall–Kier alpha value is -1.95. The Labute approximate surface area is 117 Å². The van der Waals surface area contributed by atoms with Crippen LogP contribution in [0.2, 0.25) is 0 Å². The van der Waals surface area contributed by atoms with Crippen LogP contribution < -0.4 is 10.1 Å². The first kappa shape index (κ1) is 13.1. The maximum absolute atomic E-state index is 5.30. The van der Waals surface area contributed by atoms with E-state index >= 15 is 0 Å². The minimum atomic E-state index is 0.0757. The fourth-order valence-electron chi connectivity index (χ4n) is 2.82. The number of fused-ring (bicyclic) bond motifs is 1. The van der Waals surface area contributed by atoms with Crippen molar-refractivity contribution in [2.75, 3.05) is 7.11 Å². The summed E-state index contributed by atoms with van der Waals surface area (Å²) < 4.78 is 5.30. The number of ether oxygens (including phenoxy) is 1. The second-order valence-corrected chi connectivity index (χ2v) is 5.17. The van der Waals surface area contributed by atoms with E-state index in [1.807, 2.05) is 6.07 Å². The third-order valence-corrected chi connectivity index (χ3v) is 3.86. The number of hydrogen-bond donors (Lipinski definition) is 2. The number of rotatable bonds is 4. The van der Waals surface area contributed by atoms with E-state index in [-0.39, 0.29) is 6.04 Å². The van der Waals surface area contributed by atoms with Crippen LogP contribution in [-0.2, 0) is 6.42 Å². The number of aromatic amines is 1. The largest absolute Gasteiger partial charge is 0.497 e. The van der Waals surface area contributed by atoms with Gasteiger partial charge in [0.15, 0.2) is 5.82 Å². The van der Waals surface area contributed by atoms with Crippen LogP contribution in [0.25, 0.3) is 0 Å². The molecule has 0 saturated carbocycles. The highest BCUT2D eigenvalue weighted by molar-refractivity contribution is 5.39. The predicted octanol–water partition coefficient (Wildman–Crippen LogP) is 1.94. The van der Waals surface area contributed by atoms with E-state index in [1.165, 1.54) is 17.5 Å². The first-order valence-corrected chi connectivity index (χ1v) is 6.94. The van der Waals surface area contributed by atoms with Crippen LogP contribution in [-0.4, -0.2) is 27.7 Å². The van der Waals surface area contributed by atoms with Gasteiger partial charge in [-0.25, -0.2) is 0 Å². The number of H-pyrrole nitrogens is 1. The van der Waals surface area contributed by atoms with E-state index in [9.17, 15) is 0 Å². The molecule has 1 aromatic carbocycles. The lowest BCUT2D eigenvalue weighted by atomic mass is 9.87. The lowest BCUT2D eigenvalue weighted by Crippen LogP contribution is -2.28. The third-order valence-electron chi connectivity index (χ3n) is 3.86. The van der Waals surface area contributed by atoms with Crippen molar-refractivity contribution in [2.45, 2.75) is 38.3 Å². The SMILES string of the molecule is COc1ccc2c(c1)CCCC2NC(C)c1nn[nH]n1. The summed E-state index contributed by atoms with van der Waals surface area (Å²) in [5.41, 5.74) is 2.72. The Morgan fingerprint density at radius 3 is 3.10 bits per heavy atom. The molecule has 3 rings (SSSR count). The minimum absolute atomic E-state index is 0.0757. The number of aromatic nitrogens is 4. The van der Waals surface area contributed by atoms with Crippen molar-refractivity contribution in [1.82, 2.24) is 25.9 Å². The Balaban J connectivity index is 1.79. The summed E-state index contributed by atoms with van der Waals surface area (Å²) in [5, 5.41) is 17.8. The normalized spacial score (nSPS) is 19.4. The van der Waals surface area contributed by atoms with Crippen molar-refractivity contribution in [2.24, 2.45) is 0 Å². The molecule has 1 aliphatic carbocycles. The van der Waals surface area contributed by atoms with E-state index in [0.29, 0.717) is 11.9 Å². The van der Waals surface area contributed by atoms with E-state index < -0.39 is 0 Å². The van der Waals surface area contributed by atoms with Crippen LogP contribution in [0.3, 0.4) is 0 Å². The molecule has 106 valence electrons. The average Bonchev–Trinajstić information content (AvgIpc) is 3.01. The number of methoxy groups -OCH3 is 1. The number of hydrogen-bond acceptors (Lipinski definition) is 5. The molecule has 20 heavy (non-hydrogen) atoms. The number of tetrazole rings is 1. The van der Waals surface area contributed by atoms with Crippen molar-refractivity contribution in [3.05, 3.63) is 35.2 Å². The van der Waals surface area contributed by atoms with Gasteiger partial charge in [-0.3, -0.25) is 0 Å². The molecule has 6 nitrogen and oxygen atoms in total. The van der Waals surface area contributed by atoms with Gasteiger partial charge in [0.2, 0.25) is 0 Å². The zero-order valence-corrected chi connectivity index (χ0v) is 11.8. The molecule has 0 amide bonds. The van der Waals surface area contributed by atoms with Crippen molar-refractivity contribution < 1.29 is 4.74 Å². The third kappa shape index (κ3) is 2.51. The smallest absolute Gasteiger partial charge is 0.191 e. The van der Waals surface area contributed by atoms with Crippen LogP contribution in [0.4, 0.5) is 0 Å². The molecule has 2 atom stereocenters. The molecule has 2 unspecified atom stereocenters. The van der Waals surface area contributed by atoms with Gasteiger partial charge in [-0.15, -0.1) is 10.2 Å². The molecule has 0 aliphatic heterocycles. The average molecular weight is 273 g/mol. The molecule has 0 bridgehead atoms. The molecule has 1 aromatic heterocycles. The van der Waals surface area contributed by atoms with E-state index in [2.05, 4.69) is 45.0 Å². The number of nitrogens with one attached hydrogen (secondary N) is 2. The topological polar surface area (TPSA) is 75.7 Å². The Morgan fingerprint density at radius 2 is 2.35 bits per heavy atom. The van der Waals surface area contributed by atoms with Crippen molar-refractivity contribution >= 4 is 0 Å². The monoisotopic (exact) mass is 273 g/mol. The Kier molecular flexibility index (Phi) is 3.64. The second-order valence-electron chi connectivity index (χ2n) is 5.17. The van der Waals surface area contributed by atoms with Gasteiger partial charge < -0.3 is 10.1 Å². The van der Waals surface area contributed by atoms with Gasteiger partial charge >= 0.3 is 0 Å². The van der Waals surface area contributed by atoms with E-state index in [0.717, 1.165) is 18.6 Å². The zero-order chi connectivity index (χ0) is 13.9. The molecular weight excluding hydrogens is 254 g/mol. The summed E-state index contributed by atoms with van der Waals surface area (Å²) >= 11 is 0. The summed E-state index contributed by atoms with van der Waals surface area (Å²) in [7, 11) is 1.71. The lowest BCUT2D eigenvalue weighted by molar-refractivity contribution is 0.397. The van der Waals surface area contributed by atoms with Gasteiger partial charge in [-0.2, -0.15) is 5.21 Å². The molecule has 2 N–H and O–H groups in total. The zero-order valence-electron chi connectivity index (χ0n) is 11.8. The van der Waals surface area contributed by atoms with Gasteiger partial charge in [0, 0.05) is 6.04 Å². The molecule has 1 aliphatic rings.